The molecule has 0 fully saturated rings. The van der Waals surface area contributed by atoms with E-state index in [1.54, 1.807) is 0 Å². The van der Waals surface area contributed by atoms with Crippen molar-refractivity contribution >= 4 is 30.7 Å². The van der Waals surface area contributed by atoms with Crippen molar-refractivity contribution in [2.75, 3.05) is 0 Å². The van der Waals surface area contributed by atoms with Gasteiger partial charge in [-0.25, -0.2) is 0 Å². The van der Waals surface area contributed by atoms with Crippen LogP contribution >= 0.6 is 0 Å². The summed E-state index contributed by atoms with van der Waals surface area (Å²) >= 11 is 0. The van der Waals surface area contributed by atoms with Crippen molar-refractivity contribution in [3.63, 3.8) is 0 Å². The minimum absolute atomic E-state index is 0.0690. The summed E-state index contributed by atoms with van der Waals surface area (Å²) in [5.74, 6) is -0.0690. The van der Waals surface area contributed by atoms with Crippen molar-refractivity contribution in [1.29, 1.82) is 0 Å². The van der Waals surface area contributed by atoms with Gasteiger partial charge in [0.05, 0.1) is 19.7 Å². The van der Waals surface area contributed by atoms with Crippen LogP contribution in [0.2, 0.25) is 64.5 Å². The fourth-order valence-corrected chi connectivity index (χ4v) is 6.60. The molecule has 0 saturated heterocycles. The lowest BCUT2D eigenvalue weighted by Gasteiger charge is -2.38. The second-order valence-corrected chi connectivity index (χ2v) is 23.7. The highest BCUT2D eigenvalue weighted by Gasteiger charge is 2.44. The summed E-state index contributed by atoms with van der Waals surface area (Å²) in [5.41, 5.74) is 0.887. The first-order chi connectivity index (χ1) is 10.7. The highest BCUT2D eigenvalue weighted by molar-refractivity contribution is 6.81. The normalized spacial score (nSPS) is 15.7. The molecule has 0 saturated carbocycles. The third kappa shape index (κ3) is 7.04. The highest BCUT2D eigenvalue weighted by Crippen LogP contribution is 2.41. The Bertz CT molecular complexity index is 539. The summed E-state index contributed by atoms with van der Waals surface area (Å²) in [6.45, 7) is 19.4. The Morgan fingerprint density at radius 3 is 1.71 bits per heavy atom. The van der Waals surface area contributed by atoms with Crippen LogP contribution in [0.25, 0.3) is 0 Å². The molecule has 0 bridgehead atoms. The van der Waals surface area contributed by atoms with Crippen molar-refractivity contribution in [2.45, 2.75) is 70.6 Å². The van der Waals surface area contributed by atoms with Gasteiger partial charge in [0.15, 0.2) is 8.32 Å². The SMILES string of the molecule is C[Si](C)(C)OC(=O)[C@H]([C@H](O[Si](C)(C)C)c1ccccc1)[Si](C)(C)C. The van der Waals surface area contributed by atoms with E-state index in [1.807, 2.05) is 18.2 Å². The molecule has 0 spiro atoms. The fourth-order valence-electron chi connectivity index (χ4n) is 2.65. The van der Waals surface area contributed by atoms with E-state index >= 15 is 0 Å². The Hall–Kier alpha value is -0.699. The summed E-state index contributed by atoms with van der Waals surface area (Å²) in [6, 6.07) is 10.2. The van der Waals surface area contributed by atoms with Gasteiger partial charge in [0, 0.05) is 0 Å². The maximum Gasteiger partial charge on any atom is 0.295 e. The van der Waals surface area contributed by atoms with Gasteiger partial charge in [-0.2, -0.15) is 0 Å². The first-order valence-electron chi connectivity index (χ1n) is 8.66. The molecule has 0 aromatic heterocycles. The lowest BCUT2D eigenvalue weighted by Crippen LogP contribution is -2.45. The Morgan fingerprint density at radius 2 is 1.33 bits per heavy atom. The largest absolute Gasteiger partial charge is 0.520 e. The van der Waals surface area contributed by atoms with Gasteiger partial charge in [0.25, 0.3) is 5.97 Å². The molecule has 0 radical (unpaired) electrons. The van der Waals surface area contributed by atoms with E-state index in [0.717, 1.165) is 5.56 Å². The molecule has 24 heavy (non-hydrogen) atoms. The second kappa shape index (κ2) is 7.68. The van der Waals surface area contributed by atoms with Crippen LogP contribution in [0, 0.1) is 0 Å². The molecular formula is C18H34O3Si3. The highest BCUT2D eigenvalue weighted by atomic mass is 28.4. The minimum atomic E-state index is -1.94. The van der Waals surface area contributed by atoms with E-state index in [9.17, 15) is 4.79 Å². The van der Waals surface area contributed by atoms with Gasteiger partial charge in [-0.15, -0.1) is 0 Å². The topological polar surface area (TPSA) is 35.5 Å². The fraction of sp³-hybridized carbons (Fsp3) is 0.611. The van der Waals surface area contributed by atoms with Gasteiger partial charge in [-0.3, -0.25) is 4.79 Å². The Morgan fingerprint density at radius 1 is 0.833 bits per heavy atom. The molecule has 0 heterocycles. The third-order valence-corrected chi connectivity index (χ3v) is 7.68. The number of carbonyl (C=O) groups is 1. The molecule has 1 rings (SSSR count). The molecule has 3 nitrogen and oxygen atoms in total. The van der Waals surface area contributed by atoms with Crippen molar-refractivity contribution in [2.24, 2.45) is 0 Å². The van der Waals surface area contributed by atoms with Gasteiger partial charge in [0.1, 0.15) is 0 Å². The Balaban J connectivity index is 3.33. The predicted molar refractivity (Wildman–Crippen MR) is 110 cm³/mol. The molecule has 0 N–H and O–H groups in total. The van der Waals surface area contributed by atoms with Crippen molar-refractivity contribution in [3.05, 3.63) is 35.9 Å². The van der Waals surface area contributed by atoms with E-state index in [2.05, 4.69) is 71.1 Å². The van der Waals surface area contributed by atoms with Gasteiger partial charge < -0.3 is 8.85 Å². The standard InChI is InChI=1S/C18H34O3Si3/c1-22(2,3)17(18(19)21-24(7,8)9)16(20-23(4,5)6)15-13-11-10-12-14-15/h10-14,16-17H,1-9H3/t16-,17+/m1/s1. The van der Waals surface area contributed by atoms with E-state index in [0.29, 0.717) is 0 Å². The summed E-state index contributed by atoms with van der Waals surface area (Å²) in [6.07, 6.45) is -0.214. The van der Waals surface area contributed by atoms with E-state index in [1.165, 1.54) is 0 Å². The summed E-state index contributed by atoms with van der Waals surface area (Å²) in [7, 11) is -5.61. The van der Waals surface area contributed by atoms with E-state index in [4.69, 9.17) is 8.85 Å². The maximum absolute atomic E-state index is 13.1. The minimum Gasteiger partial charge on any atom is -0.520 e. The van der Waals surface area contributed by atoms with Crippen LogP contribution in [0.15, 0.2) is 30.3 Å². The van der Waals surface area contributed by atoms with Crippen molar-refractivity contribution in [1.82, 2.24) is 0 Å². The number of carbonyl (C=O) groups excluding carboxylic acids is 1. The average Bonchev–Trinajstić information content (AvgIpc) is 2.33. The van der Waals surface area contributed by atoms with Crippen LogP contribution < -0.4 is 0 Å². The van der Waals surface area contributed by atoms with Crippen LogP contribution in [0.1, 0.15) is 11.7 Å². The van der Waals surface area contributed by atoms with Gasteiger partial charge in [0.2, 0.25) is 8.32 Å². The van der Waals surface area contributed by atoms with Crippen LogP contribution in [0.4, 0.5) is 0 Å². The molecule has 0 unspecified atom stereocenters. The first kappa shape index (κ1) is 21.3. The van der Waals surface area contributed by atoms with E-state index < -0.39 is 24.7 Å². The Labute approximate surface area is 151 Å². The molecule has 0 aliphatic heterocycles. The molecule has 1 aromatic rings. The average molecular weight is 383 g/mol. The Kier molecular flexibility index (Phi) is 6.83. The molecule has 0 aliphatic rings. The number of hydrogen-bond donors (Lipinski definition) is 0. The lowest BCUT2D eigenvalue weighted by atomic mass is 10.1. The second-order valence-electron chi connectivity index (χ2n) is 9.44. The van der Waals surface area contributed by atoms with Crippen molar-refractivity contribution in [3.8, 4) is 0 Å². The molecule has 6 heteroatoms. The smallest absolute Gasteiger partial charge is 0.295 e. The van der Waals surface area contributed by atoms with Crippen LogP contribution in [0.3, 0.4) is 0 Å². The monoisotopic (exact) mass is 382 g/mol. The molecular weight excluding hydrogens is 348 g/mol. The molecule has 1 aromatic carbocycles. The van der Waals surface area contributed by atoms with E-state index in [-0.39, 0.29) is 17.6 Å². The van der Waals surface area contributed by atoms with Gasteiger partial charge in [-0.05, 0) is 44.8 Å². The molecule has 0 aliphatic carbocycles. The summed E-state index contributed by atoms with van der Waals surface area (Å²) in [4.78, 5) is 13.1. The van der Waals surface area contributed by atoms with Gasteiger partial charge >= 0.3 is 0 Å². The zero-order valence-electron chi connectivity index (χ0n) is 16.8. The quantitative estimate of drug-likeness (QED) is 0.570. The zero-order chi connectivity index (χ0) is 18.8. The predicted octanol–water partition coefficient (Wildman–Crippen LogP) is 5.67. The lowest BCUT2D eigenvalue weighted by molar-refractivity contribution is -0.137. The van der Waals surface area contributed by atoms with Crippen LogP contribution in [0.5, 0.6) is 0 Å². The first-order valence-corrected chi connectivity index (χ1v) is 19.1. The number of hydrogen-bond acceptors (Lipinski definition) is 3. The molecule has 136 valence electrons. The van der Waals surface area contributed by atoms with Crippen LogP contribution in [-0.2, 0) is 13.6 Å². The van der Waals surface area contributed by atoms with Gasteiger partial charge in [-0.1, -0.05) is 50.0 Å². The zero-order valence-corrected chi connectivity index (χ0v) is 19.8. The number of benzene rings is 1. The third-order valence-electron chi connectivity index (χ3n) is 3.51. The maximum atomic E-state index is 13.1. The number of rotatable bonds is 7. The van der Waals surface area contributed by atoms with Crippen molar-refractivity contribution < 1.29 is 13.6 Å². The van der Waals surface area contributed by atoms with Crippen LogP contribution in [-0.4, -0.2) is 30.7 Å². The molecule has 2 atom stereocenters. The molecule has 0 amide bonds. The summed E-state index contributed by atoms with van der Waals surface area (Å²) in [5, 5.41) is 0. The summed E-state index contributed by atoms with van der Waals surface area (Å²) < 4.78 is 12.4.